The summed E-state index contributed by atoms with van der Waals surface area (Å²) in [6.45, 7) is 13.9. The molecule has 0 aliphatic rings. The Hall–Kier alpha value is -3.00. The summed E-state index contributed by atoms with van der Waals surface area (Å²) in [7, 11) is 0. The second-order valence-electron chi connectivity index (χ2n) is 12.0. The fourth-order valence-corrected chi connectivity index (χ4v) is 5.29. The van der Waals surface area contributed by atoms with Crippen LogP contribution in [0.15, 0.2) is 42.5 Å². The lowest BCUT2D eigenvalue weighted by molar-refractivity contribution is -0.141. The summed E-state index contributed by atoms with van der Waals surface area (Å²) in [5, 5.41) is 5.97. The zero-order chi connectivity index (χ0) is 31.3. The van der Waals surface area contributed by atoms with Crippen LogP contribution in [0.5, 0.6) is 0 Å². The monoisotopic (exact) mass is 597 g/mol. The van der Waals surface area contributed by atoms with Crippen molar-refractivity contribution in [2.75, 3.05) is 23.9 Å². The number of unbranched alkanes of at least 4 members (excludes halogenated alkanes) is 4. The molecule has 0 aliphatic carbocycles. The molecule has 8 heteroatoms. The van der Waals surface area contributed by atoms with E-state index in [4.69, 9.17) is 4.74 Å². The Kier molecular flexibility index (Phi) is 14.4. The van der Waals surface area contributed by atoms with Crippen molar-refractivity contribution in [3.05, 3.63) is 64.7 Å². The summed E-state index contributed by atoms with van der Waals surface area (Å²) >= 11 is 1.60. The van der Waals surface area contributed by atoms with Crippen molar-refractivity contribution < 1.29 is 19.1 Å². The molecular formula is C34H51N3O4S. The van der Waals surface area contributed by atoms with Gasteiger partial charge in [0.05, 0.1) is 0 Å². The second-order valence-corrected chi connectivity index (χ2v) is 13.0. The number of hydrogen-bond acceptors (Lipinski definition) is 5. The van der Waals surface area contributed by atoms with Gasteiger partial charge in [-0.1, -0.05) is 80.6 Å². The molecule has 2 unspecified atom stereocenters. The number of thioether (sulfide) groups is 1. The van der Waals surface area contributed by atoms with Gasteiger partial charge in [-0.25, -0.2) is 4.79 Å². The molecule has 0 aliphatic heterocycles. The topological polar surface area (TPSA) is 87.7 Å². The lowest BCUT2D eigenvalue weighted by Crippen LogP contribution is -2.52. The van der Waals surface area contributed by atoms with Gasteiger partial charge in [0.2, 0.25) is 5.91 Å². The smallest absolute Gasteiger partial charge is 0.408 e. The number of aryl methyl sites for hydroxylation is 3. The third kappa shape index (κ3) is 11.3. The van der Waals surface area contributed by atoms with Gasteiger partial charge in [-0.3, -0.25) is 9.59 Å². The van der Waals surface area contributed by atoms with E-state index in [9.17, 15) is 14.4 Å². The van der Waals surface area contributed by atoms with Gasteiger partial charge < -0.3 is 20.3 Å². The van der Waals surface area contributed by atoms with E-state index >= 15 is 0 Å². The highest BCUT2D eigenvalue weighted by atomic mass is 32.2. The van der Waals surface area contributed by atoms with Gasteiger partial charge >= 0.3 is 6.09 Å². The molecule has 232 valence electrons. The maximum atomic E-state index is 14.4. The molecule has 0 spiro atoms. The fraction of sp³-hybridized carbons (Fsp3) is 0.559. The molecule has 0 heterocycles. The van der Waals surface area contributed by atoms with Crippen LogP contribution in [0.4, 0.5) is 10.5 Å². The minimum atomic E-state index is -0.875. The first-order valence-electron chi connectivity index (χ1n) is 15.1. The van der Waals surface area contributed by atoms with Gasteiger partial charge in [-0.2, -0.15) is 11.8 Å². The van der Waals surface area contributed by atoms with Crippen LogP contribution < -0.4 is 10.6 Å². The molecule has 2 rings (SSSR count). The summed E-state index contributed by atoms with van der Waals surface area (Å²) in [4.78, 5) is 43.1. The van der Waals surface area contributed by atoms with Crippen LogP contribution >= 0.6 is 11.8 Å². The average molecular weight is 598 g/mol. The highest BCUT2D eigenvalue weighted by Crippen LogP contribution is 2.28. The average Bonchev–Trinajstić information content (AvgIpc) is 2.91. The Morgan fingerprint density at radius 2 is 1.55 bits per heavy atom. The summed E-state index contributed by atoms with van der Waals surface area (Å²) in [5.41, 5.74) is 3.74. The lowest BCUT2D eigenvalue weighted by Gasteiger charge is -2.35. The molecule has 2 N–H and O–H groups in total. The number of ether oxygens (including phenoxy) is 1. The number of carbonyl (C=O) groups is 3. The van der Waals surface area contributed by atoms with E-state index in [1.807, 2.05) is 69.5 Å². The summed E-state index contributed by atoms with van der Waals surface area (Å²) < 4.78 is 5.51. The van der Waals surface area contributed by atoms with E-state index in [0.717, 1.165) is 60.0 Å². The molecule has 0 fully saturated rings. The van der Waals surface area contributed by atoms with Gasteiger partial charge in [-0.15, -0.1) is 0 Å². The van der Waals surface area contributed by atoms with Crippen molar-refractivity contribution in [2.45, 2.75) is 105 Å². The van der Waals surface area contributed by atoms with E-state index in [2.05, 4.69) is 17.6 Å². The Balaban J connectivity index is 2.54. The van der Waals surface area contributed by atoms with E-state index in [1.165, 1.54) is 0 Å². The number of carbonyl (C=O) groups excluding carboxylic acids is 3. The number of amides is 3. The first-order valence-corrected chi connectivity index (χ1v) is 16.5. The standard InChI is InChI=1S/C34H51N3O4S/c1-9-10-11-12-13-22-37(32(39)28(21-23-42-8)35-33(40)41-34(5,6)7)30(27-19-17-24(2)18-20-27)31(38)36-29-25(3)15-14-16-26(29)4/h14-20,28,30H,9-13,21-23H2,1-8H3,(H,35,40)(H,36,38). The van der Waals surface area contributed by atoms with Crippen LogP contribution in [0.2, 0.25) is 0 Å². The molecule has 2 aromatic carbocycles. The first kappa shape index (κ1) is 35.2. The highest BCUT2D eigenvalue weighted by molar-refractivity contribution is 7.98. The maximum absolute atomic E-state index is 14.4. The van der Waals surface area contributed by atoms with Crippen LogP contribution in [-0.2, 0) is 14.3 Å². The van der Waals surface area contributed by atoms with E-state index in [-0.39, 0.29) is 11.8 Å². The van der Waals surface area contributed by atoms with Crippen molar-refractivity contribution in [2.24, 2.45) is 0 Å². The molecule has 0 saturated carbocycles. The molecule has 2 atom stereocenters. The number of para-hydroxylation sites is 1. The second kappa shape index (κ2) is 17.2. The SMILES string of the molecule is CCCCCCCN(C(=O)C(CCSC)NC(=O)OC(C)(C)C)C(C(=O)Nc1c(C)cccc1C)c1ccc(C)cc1. The van der Waals surface area contributed by atoms with Crippen LogP contribution in [0.25, 0.3) is 0 Å². The van der Waals surface area contributed by atoms with Crippen molar-refractivity contribution >= 4 is 35.4 Å². The number of hydrogen-bond donors (Lipinski definition) is 2. The van der Waals surface area contributed by atoms with Crippen LogP contribution in [0, 0.1) is 20.8 Å². The molecule has 0 bridgehead atoms. The Labute approximate surface area is 257 Å². The van der Waals surface area contributed by atoms with Crippen LogP contribution in [0.1, 0.15) is 94.5 Å². The number of nitrogens with zero attached hydrogens (tertiary/aromatic N) is 1. The molecule has 3 amide bonds. The predicted octanol–water partition coefficient (Wildman–Crippen LogP) is 7.74. The Morgan fingerprint density at radius 1 is 0.929 bits per heavy atom. The van der Waals surface area contributed by atoms with Crippen molar-refractivity contribution in [1.29, 1.82) is 0 Å². The van der Waals surface area contributed by atoms with Gasteiger partial charge in [0.25, 0.3) is 5.91 Å². The normalized spacial score (nSPS) is 12.8. The van der Waals surface area contributed by atoms with E-state index < -0.39 is 23.8 Å². The largest absolute Gasteiger partial charge is 0.444 e. The number of nitrogens with one attached hydrogen (secondary N) is 2. The number of benzene rings is 2. The van der Waals surface area contributed by atoms with Crippen LogP contribution in [-0.4, -0.2) is 53.0 Å². The summed E-state index contributed by atoms with van der Waals surface area (Å²) in [6.07, 6.45) is 6.75. The zero-order valence-corrected chi connectivity index (χ0v) is 27.7. The molecular weight excluding hydrogens is 546 g/mol. The number of alkyl carbamates (subject to hydrolysis) is 1. The number of rotatable bonds is 15. The van der Waals surface area contributed by atoms with Gasteiger partial charge in [0.15, 0.2) is 0 Å². The summed E-state index contributed by atoms with van der Waals surface area (Å²) in [5.74, 6) is 0.104. The molecule has 0 saturated heterocycles. The first-order chi connectivity index (χ1) is 19.9. The minimum absolute atomic E-state index is 0.279. The molecule has 2 aromatic rings. The maximum Gasteiger partial charge on any atom is 0.408 e. The van der Waals surface area contributed by atoms with Gasteiger partial charge in [-0.05, 0) is 83.1 Å². The Morgan fingerprint density at radius 3 is 2.12 bits per heavy atom. The fourth-order valence-electron chi connectivity index (χ4n) is 4.82. The number of anilines is 1. The van der Waals surface area contributed by atoms with Crippen LogP contribution in [0.3, 0.4) is 0 Å². The van der Waals surface area contributed by atoms with Gasteiger partial charge in [0, 0.05) is 12.2 Å². The highest BCUT2D eigenvalue weighted by Gasteiger charge is 2.36. The van der Waals surface area contributed by atoms with E-state index in [0.29, 0.717) is 18.7 Å². The third-order valence-corrected chi connectivity index (χ3v) is 7.71. The van der Waals surface area contributed by atoms with Crippen molar-refractivity contribution in [3.63, 3.8) is 0 Å². The predicted molar refractivity (Wildman–Crippen MR) is 175 cm³/mol. The third-order valence-electron chi connectivity index (χ3n) is 7.07. The van der Waals surface area contributed by atoms with Crippen molar-refractivity contribution in [1.82, 2.24) is 10.2 Å². The molecule has 0 radical (unpaired) electrons. The zero-order valence-electron chi connectivity index (χ0n) is 26.8. The lowest BCUT2D eigenvalue weighted by atomic mass is 9.99. The molecule has 0 aromatic heterocycles. The van der Waals surface area contributed by atoms with E-state index in [1.54, 1.807) is 37.4 Å². The quantitative estimate of drug-likeness (QED) is 0.205. The van der Waals surface area contributed by atoms with Gasteiger partial charge in [0.1, 0.15) is 17.7 Å². The Bertz CT molecular complexity index is 1140. The summed E-state index contributed by atoms with van der Waals surface area (Å²) in [6, 6.07) is 11.9. The molecule has 42 heavy (non-hydrogen) atoms. The van der Waals surface area contributed by atoms with Crippen molar-refractivity contribution in [3.8, 4) is 0 Å². The molecule has 7 nitrogen and oxygen atoms in total. The minimum Gasteiger partial charge on any atom is -0.444 e.